The van der Waals surface area contributed by atoms with Crippen LogP contribution in [0.1, 0.15) is 32.7 Å². The van der Waals surface area contributed by atoms with Gasteiger partial charge in [0.1, 0.15) is 0 Å². The van der Waals surface area contributed by atoms with E-state index in [1.54, 1.807) is 18.2 Å². The van der Waals surface area contributed by atoms with Gasteiger partial charge in [-0.3, -0.25) is 9.59 Å². The summed E-state index contributed by atoms with van der Waals surface area (Å²) in [5, 5.41) is 6.18. The zero-order valence-corrected chi connectivity index (χ0v) is 14.4. The summed E-state index contributed by atoms with van der Waals surface area (Å²) in [5.74, 6) is -0.245. The molecule has 2 aromatic carbocycles. The maximum Gasteiger partial charge on any atom is 0.256 e. The summed E-state index contributed by atoms with van der Waals surface area (Å²) in [6.45, 7) is 5.08. The van der Waals surface area contributed by atoms with E-state index in [4.69, 9.17) is 0 Å². The van der Waals surface area contributed by atoms with Crippen molar-refractivity contribution in [2.45, 2.75) is 13.3 Å². The molecule has 3 rings (SSSR count). The molecule has 1 saturated heterocycles. The predicted octanol–water partition coefficient (Wildman–Crippen LogP) is 2.68. The van der Waals surface area contributed by atoms with E-state index in [-0.39, 0.29) is 11.8 Å². The minimum atomic E-state index is -0.207. The van der Waals surface area contributed by atoms with Crippen molar-refractivity contribution in [2.24, 2.45) is 0 Å². The molecule has 0 spiro atoms. The Morgan fingerprint density at radius 1 is 1.04 bits per heavy atom. The first-order valence-electron chi connectivity index (χ1n) is 8.62. The molecule has 0 radical (unpaired) electrons. The third kappa shape index (κ3) is 4.25. The highest BCUT2D eigenvalue weighted by molar-refractivity contribution is 6.09. The van der Waals surface area contributed by atoms with Crippen LogP contribution in [0.5, 0.6) is 0 Å². The number of nitrogens with zero attached hydrogens (tertiary/aromatic N) is 1. The molecule has 0 aliphatic carbocycles. The highest BCUT2D eigenvalue weighted by atomic mass is 16.2. The zero-order chi connectivity index (χ0) is 17.6. The third-order valence-corrected chi connectivity index (χ3v) is 4.31. The second kappa shape index (κ2) is 7.94. The summed E-state index contributed by atoms with van der Waals surface area (Å²) in [6, 6.07) is 14.6. The molecule has 1 heterocycles. The summed E-state index contributed by atoms with van der Waals surface area (Å²) >= 11 is 0. The molecule has 0 aromatic heterocycles. The number of amides is 2. The maximum atomic E-state index is 12.9. The maximum absolute atomic E-state index is 12.9. The predicted molar refractivity (Wildman–Crippen MR) is 99.0 cm³/mol. The van der Waals surface area contributed by atoms with Gasteiger partial charge in [-0.25, -0.2) is 0 Å². The first-order valence-corrected chi connectivity index (χ1v) is 8.62. The van der Waals surface area contributed by atoms with Gasteiger partial charge in [0.05, 0.1) is 11.3 Å². The van der Waals surface area contributed by atoms with Gasteiger partial charge < -0.3 is 15.5 Å². The SMILES string of the molecule is Cc1cccc(C(=O)Nc2ccccc2C(=O)N2CCCNCC2)c1. The summed E-state index contributed by atoms with van der Waals surface area (Å²) in [4.78, 5) is 27.3. The number of aryl methyl sites for hydroxylation is 1. The number of carbonyl (C=O) groups excluding carboxylic acids is 2. The number of hydrogen-bond acceptors (Lipinski definition) is 3. The van der Waals surface area contributed by atoms with Gasteiger partial charge in [0, 0.05) is 25.2 Å². The first-order chi connectivity index (χ1) is 12.1. The van der Waals surface area contributed by atoms with Crippen LogP contribution in [0.3, 0.4) is 0 Å². The van der Waals surface area contributed by atoms with E-state index in [9.17, 15) is 9.59 Å². The molecule has 0 atom stereocenters. The highest BCUT2D eigenvalue weighted by Crippen LogP contribution is 2.19. The number of carbonyl (C=O) groups is 2. The van der Waals surface area contributed by atoms with Crippen LogP contribution >= 0.6 is 0 Å². The number of hydrogen-bond donors (Lipinski definition) is 2. The van der Waals surface area contributed by atoms with E-state index in [0.29, 0.717) is 23.4 Å². The van der Waals surface area contributed by atoms with Crippen molar-refractivity contribution in [2.75, 3.05) is 31.5 Å². The lowest BCUT2D eigenvalue weighted by molar-refractivity contribution is 0.0767. The van der Waals surface area contributed by atoms with Crippen molar-refractivity contribution in [3.05, 3.63) is 65.2 Å². The highest BCUT2D eigenvalue weighted by Gasteiger charge is 2.20. The average Bonchev–Trinajstić information content (AvgIpc) is 2.91. The molecule has 0 unspecified atom stereocenters. The molecule has 130 valence electrons. The molecule has 2 N–H and O–H groups in total. The lowest BCUT2D eigenvalue weighted by atomic mass is 10.1. The van der Waals surface area contributed by atoms with Crippen LogP contribution in [0.4, 0.5) is 5.69 Å². The van der Waals surface area contributed by atoms with Gasteiger partial charge in [0.15, 0.2) is 0 Å². The summed E-state index contributed by atoms with van der Waals surface area (Å²) in [5.41, 5.74) is 2.69. The van der Waals surface area contributed by atoms with Crippen LogP contribution in [0.2, 0.25) is 0 Å². The molecule has 1 aliphatic rings. The summed E-state index contributed by atoms with van der Waals surface area (Å²) in [6.07, 6.45) is 0.934. The third-order valence-electron chi connectivity index (χ3n) is 4.31. The Balaban J connectivity index is 1.80. The lowest BCUT2D eigenvalue weighted by Gasteiger charge is -2.21. The van der Waals surface area contributed by atoms with Gasteiger partial charge in [0.25, 0.3) is 11.8 Å². The van der Waals surface area contributed by atoms with Crippen LogP contribution in [-0.4, -0.2) is 42.9 Å². The average molecular weight is 337 g/mol. The molecule has 2 aromatic rings. The van der Waals surface area contributed by atoms with E-state index < -0.39 is 0 Å². The van der Waals surface area contributed by atoms with Gasteiger partial charge in [-0.15, -0.1) is 0 Å². The van der Waals surface area contributed by atoms with Crippen molar-refractivity contribution in [1.82, 2.24) is 10.2 Å². The largest absolute Gasteiger partial charge is 0.337 e. The molecule has 5 heteroatoms. The minimum Gasteiger partial charge on any atom is -0.337 e. The molecule has 0 saturated carbocycles. The fraction of sp³-hybridized carbons (Fsp3) is 0.300. The topological polar surface area (TPSA) is 61.4 Å². The van der Waals surface area contributed by atoms with E-state index in [1.807, 2.05) is 42.2 Å². The first kappa shape index (κ1) is 17.2. The molecular formula is C20H23N3O2. The molecule has 25 heavy (non-hydrogen) atoms. The lowest BCUT2D eigenvalue weighted by Crippen LogP contribution is -2.34. The molecule has 0 bridgehead atoms. The monoisotopic (exact) mass is 337 g/mol. The van der Waals surface area contributed by atoms with Crippen molar-refractivity contribution in [1.29, 1.82) is 0 Å². The number of benzene rings is 2. The molecule has 1 aliphatic heterocycles. The Morgan fingerprint density at radius 3 is 2.72 bits per heavy atom. The second-order valence-electron chi connectivity index (χ2n) is 6.26. The van der Waals surface area contributed by atoms with Crippen molar-refractivity contribution >= 4 is 17.5 Å². The Bertz CT molecular complexity index is 765. The van der Waals surface area contributed by atoms with Gasteiger partial charge in [-0.1, -0.05) is 29.8 Å². The Morgan fingerprint density at radius 2 is 1.88 bits per heavy atom. The van der Waals surface area contributed by atoms with Crippen LogP contribution < -0.4 is 10.6 Å². The Labute approximate surface area is 148 Å². The van der Waals surface area contributed by atoms with Crippen molar-refractivity contribution < 1.29 is 9.59 Å². The standard InChI is InChI=1S/C20H23N3O2/c1-15-6-4-7-16(14-15)19(24)22-18-9-3-2-8-17(18)20(25)23-12-5-10-21-11-13-23/h2-4,6-9,14,21H,5,10-13H2,1H3,(H,22,24). The molecular weight excluding hydrogens is 314 g/mol. The summed E-state index contributed by atoms with van der Waals surface area (Å²) < 4.78 is 0. The molecule has 5 nitrogen and oxygen atoms in total. The van der Waals surface area contributed by atoms with Crippen LogP contribution in [0.25, 0.3) is 0 Å². The van der Waals surface area contributed by atoms with E-state index in [0.717, 1.165) is 31.6 Å². The van der Waals surface area contributed by atoms with Crippen LogP contribution in [0.15, 0.2) is 48.5 Å². The molecule has 2 amide bonds. The van der Waals surface area contributed by atoms with Gasteiger partial charge in [-0.2, -0.15) is 0 Å². The van der Waals surface area contributed by atoms with E-state index in [2.05, 4.69) is 10.6 Å². The normalized spacial score (nSPS) is 14.7. The van der Waals surface area contributed by atoms with Crippen molar-refractivity contribution in [3.63, 3.8) is 0 Å². The van der Waals surface area contributed by atoms with Gasteiger partial charge in [0.2, 0.25) is 0 Å². The summed E-state index contributed by atoms with van der Waals surface area (Å²) in [7, 11) is 0. The molecule has 1 fully saturated rings. The zero-order valence-electron chi connectivity index (χ0n) is 14.4. The fourth-order valence-corrected chi connectivity index (χ4v) is 2.98. The number of rotatable bonds is 3. The van der Waals surface area contributed by atoms with E-state index >= 15 is 0 Å². The second-order valence-corrected chi connectivity index (χ2v) is 6.26. The quantitative estimate of drug-likeness (QED) is 0.905. The Hall–Kier alpha value is -2.66. The van der Waals surface area contributed by atoms with Gasteiger partial charge in [-0.05, 0) is 44.2 Å². The number of nitrogens with one attached hydrogen (secondary N) is 2. The van der Waals surface area contributed by atoms with Crippen LogP contribution in [0, 0.1) is 6.92 Å². The van der Waals surface area contributed by atoms with Crippen molar-refractivity contribution in [3.8, 4) is 0 Å². The minimum absolute atomic E-state index is 0.0381. The Kier molecular flexibility index (Phi) is 5.46. The van der Waals surface area contributed by atoms with Crippen LogP contribution in [-0.2, 0) is 0 Å². The van der Waals surface area contributed by atoms with E-state index in [1.165, 1.54) is 0 Å². The number of para-hydroxylation sites is 1. The fourth-order valence-electron chi connectivity index (χ4n) is 2.98. The van der Waals surface area contributed by atoms with Gasteiger partial charge >= 0.3 is 0 Å². The number of anilines is 1. The smallest absolute Gasteiger partial charge is 0.256 e.